The number of amides is 1. The second kappa shape index (κ2) is 6.19. The van der Waals surface area contributed by atoms with Crippen LogP contribution in [0.15, 0.2) is 13.6 Å². The molecule has 0 saturated carbocycles. The molecule has 0 bridgehead atoms. The van der Waals surface area contributed by atoms with Crippen LogP contribution in [0.3, 0.4) is 0 Å². The molecule has 0 aromatic carbocycles. The van der Waals surface area contributed by atoms with Gasteiger partial charge in [-0.15, -0.1) is 23.7 Å². The van der Waals surface area contributed by atoms with E-state index in [9.17, 15) is 9.59 Å². The summed E-state index contributed by atoms with van der Waals surface area (Å²) in [7, 11) is 0. The van der Waals surface area contributed by atoms with Crippen molar-refractivity contribution in [1.29, 1.82) is 0 Å². The van der Waals surface area contributed by atoms with Gasteiger partial charge in [-0.3, -0.25) is 4.79 Å². The van der Waals surface area contributed by atoms with Crippen LogP contribution in [0.5, 0.6) is 0 Å². The number of carboxylic acids is 1. The van der Waals surface area contributed by atoms with Crippen molar-refractivity contribution in [2.24, 2.45) is 0 Å². The van der Waals surface area contributed by atoms with E-state index in [0.717, 1.165) is 3.79 Å². The van der Waals surface area contributed by atoms with Crippen LogP contribution in [0.4, 0.5) is 0 Å². The highest BCUT2D eigenvalue weighted by molar-refractivity contribution is 9.12. The number of rotatable bonds is 4. The number of hydrogen-bond donors (Lipinski definition) is 2. The van der Waals surface area contributed by atoms with Crippen molar-refractivity contribution in [3.63, 3.8) is 0 Å². The Labute approximate surface area is 119 Å². The number of nitrogens with one attached hydrogen (secondary N) is 1. The third-order valence-corrected chi connectivity index (χ3v) is 4.17. The highest BCUT2D eigenvalue weighted by Gasteiger charge is 2.21. The maximum absolute atomic E-state index is 11.8. The summed E-state index contributed by atoms with van der Waals surface area (Å²) in [6, 6.07) is 0.539. The van der Waals surface area contributed by atoms with Crippen molar-refractivity contribution in [3.05, 3.63) is 19.2 Å². The van der Waals surface area contributed by atoms with Crippen molar-refractivity contribution >= 4 is 55.1 Å². The minimum absolute atomic E-state index is 0.0516. The number of aliphatic carboxylic acids is 1. The lowest BCUT2D eigenvalue weighted by Crippen LogP contribution is -2.40. The van der Waals surface area contributed by atoms with Gasteiger partial charge < -0.3 is 10.4 Å². The zero-order valence-corrected chi connectivity index (χ0v) is 12.4. The van der Waals surface area contributed by atoms with Crippen molar-refractivity contribution < 1.29 is 14.7 Å². The van der Waals surface area contributed by atoms with E-state index in [1.54, 1.807) is 6.07 Å². The molecule has 0 saturated heterocycles. The Morgan fingerprint density at radius 3 is 2.65 bits per heavy atom. The molecule has 0 fully saturated rings. The smallest absolute Gasteiger partial charge is 0.327 e. The topological polar surface area (TPSA) is 66.4 Å². The van der Waals surface area contributed by atoms with Gasteiger partial charge in [-0.25, -0.2) is 4.79 Å². The van der Waals surface area contributed by atoms with E-state index in [4.69, 9.17) is 11.5 Å². The Balaban J connectivity index is 2.81. The number of carbonyl (C=O) groups excluding carboxylic acids is 1. The lowest BCUT2D eigenvalue weighted by molar-refractivity contribution is -0.139. The molecule has 2 N–H and O–H groups in total. The standard InChI is InChI=1S/C10H7Br2NO3S/c1-2-3-6(10(15)16)13-9(14)5-4-7(11)17-8(5)12/h1,4,6H,3H2,(H,13,14)(H,15,16). The zero-order valence-electron chi connectivity index (χ0n) is 8.37. The average molecular weight is 381 g/mol. The van der Waals surface area contributed by atoms with E-state index < -0.39 is 17.9 Å². The molecule has 1 heterocycles. The molecule has 1 aromatic heterocycles. The van der Waals surface area contributed by atoms with Gasteiger partial charge in [0.1, 0.15) is 6.04 Å². The van der Waals surface area contributed by atoms with Gasteiger partial charge >= 0.3 is 5.97 Å². The molecule has 4 nitrogen and oxygen atoms in total. The summed E-state index contributed by atoms with van der Waals surface area (Å²) in [5.41, 5.74) is 0.380. The monoisotopic (exact) mass is 379 g/mol. The number of carbonyl (C=O) groups is 2. The first-order valence-corrected chi connectivity index (χ1v) is 6.78. The molecule has 0 aliphatic heterocycles. The largest absolute Gasteiger partial charge is 0.480 e. The zero-order chi connectivity index (χ0) is 13.0. The van der Waals surface area contributed by atoms with Crippen molar-refractivity contribution in [2.75, 3.05) is 0 Å². The van der Waals surface area contributed by atoms with E-state index in [-0.39, 0.29) is 6.42 Å². The van der Waals surface area contributed by atoms with Crippen molar-refractivity contribution in [3.8, 4) is 12.3 Å². The molecule has 1 atom stereocenters. The first-order valence-electron chi connectivity index (χ1n) is 4.37. The van der Waals surface area contributed by atoms with E-state index in [0.29, 0.717) is 9.35 Å². The van der Waals surface area contributed by atoms with Crippen LogP contribution in [0.2, 0.25) is 0 Å². The molecular weight excluding hydrogens is 374 g/mol. The fourth-order valence-corrected chi connectivity index (χ4v) is 3.84. The van der Waals surface area contributed by atoms with Gasteiger partial charge in [0, 0.05) is 6.42 Å². The molecule has 0 radical (unpaired) electrons. The van der Waals surface area contributed by atoms with E-state index >= 15 is 0 Å². The highest BCUT2D eigenvalue weighted by atomic mass is 79.9. The molecule has 1 unspecified atom stereocenters. The molecule has 7 heteroatoms. The summed E-state index contributed by atoms with van der Waals surface area (Å²) < 4.78 is 1.41. The summed E-state index contributed by atoms with van der Waals surface area (Å²) in [5.74, 6) is 0.590. The number of carboxylic acid groups (broad SMARTS) is 1. The number of halogens is 2. The third-order valence-electron chi connectivity index (χ3n) is 1.83. The maximum atomic E-state index is 11.8. The van der Waals surface area contributed by atoms with E-state index in [1.165, 1.54) is 11.3 Å². The van der Waals surface area contributed by atoms with Gasteiger partial charge in [-0.2, -0.15) is 0 Å². The molecule has 0 aliphatic rings. The van der Waals surface area contributed by atoms with Gasteiger partial charge in [-0.1, -0.05) is 0 Å². The van der Waals surface area contributed by atoms with E-state index in [1.807, 2.05) is 0 Å². The van der Waals surface area contributed by atoms with E-state index in [2.05, 4.69) is 43.1 Å². The summed E-state index contributed by atoms with van der Waals surface area (Å²) >= 11 is 7.79. The molecule has 0 spiro atoms. The van der Waals surface area contributed by atoms with Gasteiger partial charge in [0.15, 0.2) is 0 Å². The molecule has 1 amide bonds. The van der Waals surface area contributed by atoms with Crippen LogP contribution in [0.25, 0.3) is 0 Å². The number of thiophene rings is 1. The fraction of sp³-hybridized carbons (Fsp3) is 0.200. The lowest BCUT2D eigenvalue weighted by Gasteiger charge is -2.11. The minimum Gasteiger partial charge on any atom is -0.480 e. The second-order valence-corrected chi connectivity index (χ2v) is 6.76. The first-order chi connectivity index (χ1) is 7.95. The summed E-state index contributed by atoms with van der Waals surface area (Å²) in [6.45, 7) is 0. The van der Waals surface area contributed by atoms with Gasteiger partial charge in [0.05, 0.1) is 13.1 Å². The maximum Gasteiger partial charge on any atom is 0.327 e. The van der Waals surface area contributed by atoms with Gasteiger partial charge in [-0.05, 0) is 37.9 Å². The summed E-state index contributed by atoms with van der Waals surface area (Å²) in [5, 5.41) is 11.2. The molecule has 1 aromatic rings. The Bertz CT molecular complexity index is 492. The van der Waals surface area contributed by atoms with Crippen LogP contribution in [0, 0.1) is 12.3 Å². The van der Waals surface area contributed by atoms with Gasteiger partial charge in [0.25, 0.3) is 5.91 Å². The van der Waals surface area contributed by atoms with Crippen LogP contribution in [0.1, 0.15) is 16.8 Å². The number of hydrogen-bond acceptors (Lipinski definition) is 3. The molecule has 90 valence electrons. The van der Waals surface area contributed by atoms with Crippen LogP contribution >= 0.6 is 43.2 Å². The quantitative estimate of drug-likeness (QED) is 0.788. The average Bonchev–Trinajstić information content (AvgIpc) is 2.57. The molecule has 1 rings (SSSR count). The fourth-order valence-electron chi connectivity index (χ4n) is 1.05. The van der Waals surface area contributed by atoms with Crippen molar-refractivity contribution in [1.82, 2.24) is 5.32 Å². The molecule has 17 heavy (non-hydrogen) atoms. The molecular formula is C10H7Br2NO3S. The Kier molecular flexibility index (Phi) is 5.18. The summed E-state index contributed by atoms with van der Waals surface area (Å²) in [4.78, 5) is 22.6. The Morgan fingerprint density at radius 1 is 1.59 bits per heavy atom. The molecule has 0 aliphatic carbocycles. The van der Waals surface area contributed by atoms with Crippen LogP contribution in [-0.2, 0) is 4.79 Å². The Morgan fingerprint density at radius 2 is 2.24 bits per heavy atom. The van der Waals surface area contributed by atoms with Crippen molar-refractivity contribution in [2.45, 2.75) is 12.5 Å². The third kappa shape index (κ3) is 3.84. The lowest BCUT2D eigenvalue weighted by atomic mass is 10.2. The predicted octanol–water partition coefficient (Wildman–Crippen LogP) is 2.48. The second-order valence-electron chi connectivity index (χ2n) is 3.01. The van der Waals surface area contributed by atoms with Gasteiger partial charge in [0.2, 0.25) is 0 Å². The minimum atomic E-state index is -1.15. The Hall–Kier alpha value is -0.840. The normalized spacial score (nSPS) is 11.6. The summed E-state index contributed by atoms with van der Waals surface area (Å²) in [6.07, 6.45) is 4.98. The highest BCUT2D eigenvalue weighted by Crippen LogP contribution is 2.31. The SMILES string of the molecule is C#CCC(NC(=O)c1cc(Br)sc1Br)C(=O)O. The van der Waals surface area contributed by atoms with Crippen LogP contribution in [-0.4, -0.2) is 23.0 Å². The predicted molar refractivity (Wildman–Crippen MR) is 72.1 cm³/mol. The first kappa shape index (κ1) is 14.2. The number of terminal acetylenes is 1. The van der Waals surface area contributed by atoms with Crippen LogP contribution < -0.4 is 5.32 Å².